The fraction of sp³-hybridized carbons (Fsp3) is 0.424. The number of sulfonamides is 1. The highest BCUT2D eigenvalue weighted by atomic mass is 32.2. The number of rotatable bonds is 11. The fourth-order valence-electron chi connectivity index (χ4n) is 5.82. The van der Waals surface area contributed by atoms with Gasteiger partial charge in [0.2, 0.25) is 16.8 Å². The Balaban J connectivity index is 1.37. The summed E-state index contributed by atoms with van der Waals surface area (Å²) in [6.45, 7) is 9.96. The number of ether oxygens (including phenoxy) is 4. The minimum absolute atomic E-state index is 0.00886. The number of aryl methyl sites for hydroxylation is 1. The first-order valence-corrected chi connectivity index (χ1v) is 16.1. The number of hydrogen-bond donors (Lipinski definition) is 1. The van der Waals surface area contributed by atoms with Crippen LogP contribution < -0.4 is 14.2 Å². The van der Waals surface area contributed by atoms with E-state index in [0.717, 1.165) is 16.7 Å². The van der Waals surface area contributed by atoms with Crippen molar-refractivity contribution >= 4 is 16.1 Å². The molecule has 44 heavy (non-hydrogen) atoms. The minimum Gasteiger partial charge on any atom is -0.489 e. The Kier molecular flexibility index (Phi) is 9.10. The van der Waals surface area contributed by atoms with E-state index in [9.17, 15) is 18.3 Å². The molecule has 11 heteroatoms. The highest BCUT2D eigenvalue weighted by molar-refractivity contribution is 7.89. The van der Waals surface area contributed by atoms with Crippen LogP contribution in [0.1, 0.15) is 44.4 Å². The van der Waals surface area contributed by atoms with E-state index in [2.05, 4.69) is 6.07 Å². The van der Waals surface area contributed by atoms with Crippen LogP contribution in [0.25, 0.3) is 0 Å². The molecule has 0 saturated carbocycles. The molecule has 0 aromatic heterocycles. The van der Waals surface area contributed by atoms with Crippen molar-refractivity contribution < 1.29 is 37.3 Å². The van der Waals surface area contributed by atoms with Crippen molar-refractivity contribution in [1.82, 2.24) is 9.21 Å². The van der Waals surface area contributed by atoms with Gasteiger partial charge < -0.3 is 24.1 Å². The molecule has 10 nitrogen and oxygen atoms in total. The average Bonchev–Trinajstić information content (AvgIpc) is 3.52. The lowest BCUT2D eigenvalue weighted by molar-refractivity contribution is -0.0690. The smallest absolute Gasteiger partial charge is 0.409 e. The van der Waals surface area contributed by atoms with Crippen LogP contribution in [0.4, 0.5) is 4.79 Å². The number of nitrogens with zero attached hydrogens (tertiary/aromatic N) is 2. The van der Waals surface area contributed by atoms with E-state index in [1.807, 2.05) is 63.2 Å². The lowest BCUT2D eigenvalue weighted by Gasteiger charge is -2.31. The number of benzene rings is 3. The molecule has 2 heterocycles. The molecule has 1 N–H and O–H groups in total. The summed E-state index contributed by atoms with van der Waals surface area (Å²) in [4.78, 5) is 13.9. The van der Waals surface area contributed by atoms with Gasteiger partial charge in [-0.2, -0.15) is 4.31 Å². The molecule has 2 aliphatic rings. The van der Waals surface area contributed by atoms with Crippen LogP contribution in [-0.2, 0) is 27.8 Å². The Hall–Kier alpha value is -3.80. The van der Waals surface area contributed by atoms with Gasteiger partial charge >= 0.3 is 6.09 Å². The van der Waals surface area contributed by atoms with Gasteiger partial charge in [-0.15, -0.1) is 0 Å². The van der Waals surface area contributed by atoms with E-state index in [4.69, 9.17) is 18.9 Å². The minimum atomic E-state index is -3.98. The predicted molar refractivity (Wildman–Crippen MR) is 164 cm³/mol. The number of carboxylic acid groups (broad SMARTS) is 1. The Labute approximate surface area is 259 Å². The van der Waals surface area contributed by atoms with Gasteiger partial charge in [0.05, 0.1) is 17.0 Å². The average molecular weight is 625 g/mol. The molecule has 3 aromatic rings. The van der Waals surface area contributed by atoms with Crippen molar-refractivity contribution in [2.24, 2.45) is 5.92 Å². The number of hydrogen-bond acceptors (Lipinski definition) is 7. The maximum absolute atomic E-state index is 13.9. The fourth-order valence-corrected chi connectivity index (χ4v) is 7.45. The van der Waals surface area contributed by atoms with Gasteiger partial charge in [0.1, 0.15) is 18.1 Å². The van der Waals surface area contributed by atoms with E-state index in [0.29, 0.717) is 30.3 Å². The molecule has 0 bridgehead atoms. The van der Waals surface area contributed by atoms with Gasteiger partial charge in [0.15, 0.2) is 11.5 Å². The van der Waals surface area contributed by atoms with Crippen LogP contribution in [0.5, 0.6) is 17.2 Å². The first-order chi connectivity index (χ1) is 20.8. The third-order valence-corrected chi connectivity index (χ3v) is 9.60. The lowest BCUT2D eigenvalue weighted by atomic mass is 10.00. The van der Waals surface area contributed by atoms with Crippen LogP contribution in [-0.4, -0.2) is 66.6 Å². The van der Waals surface area contributed by atoms with E-state index >= 15 is 0 Å². The zero-order chi connectivity index (χ0) is 31.6. The second-order valence-electron chi connectivity index (χ2n) is 12.2. The summed E-state index contributed by atoms with van der Waals surface area (Å²) in [5.74, 6) is 1.57. The maximum Gasteiger partial charge on any atom is 0.409 e. The molecular weight excluding hydrogens is 584 g/mol. The molecule has 0 aliphatic carbocycles. The molecule has 5 rings (SSSR count). The van der Waals surface area contributed by atoms with Crippen molar-refractivity contribution in [3.63, 3.8) is 0 Å². The van der Waals surface area contributed by atoms with E-state index in [1.165, 1.54) is 21.3 Å². The zero-order valence-corrected chi connectivity index (χ0v) is 26.5. The van der Waals surface area contributed by atoms with Crippen molar-refractivity contribution in [2.75, 3.05) is 19.9 Å². The number of amides is 1. The van der Waals surface area contributed by atoms with Crippen LogP contribution in [0.2, 0.25) is 0 Å². The van der Waals surface area contributed by atoms with Crippen molar-refractivity contribution in [3.8, 4) is 17.2 Å². The Morgan fingerprint density at radius 3 is 2.45 bits per heavy atom. The van der Waals surface area contributed by atoms with Crippen LogP contribution >= 0.6 is 0 Å². The summed E-state index contributed by atoms with van der Waals surface area (Å²) in [6.07, 6.45) is -1.52. The standard InChI is InChI=1S/C33H40N2O8S/c1-22(2)18-34(44(38,39)27-13-14-29-30(17-27)42-21-41-29)19-31-28(35(32(36)37)33(4,5)43-31)16-24-9-11-26(12-10-24)40-20-25-8-6-7-23(3)15-25/h6-15,17,22,28,31H,16,18-21H2,1-5H3,(H,36,37)/t28-,31+/m0/s1. The SMILES string of the molecule is Cc1cccc(COc2ccc(C[C@H]3[C@@H](CN(CC(C)C)S(=O)(=O)c4ccc5c(c4)OCO5)OC(C)(C)N3C(=O)O)cc2)c1. The number of fused-ring (bicyclic) bond motifs is 1. The summed E-state index contributed by atoms with van der Waals surface area (Å²) in [7, 11) is -3.98. The lowest BCUT2D eigenvalue weighted by Crippen LogP contribution is -2.50. The second kappa shape index (κ2) is 12.7. The molecule has 0 spiro atoms. The van der Waals surface area contributed by atoms with Gasteiger partial charge in [0.25, 0.3) is 0 Å². The van der Waals surface area contributed by atoms with Crippen LogP contribution in [0.3, 0.4) is 0 Å². The monoisotopic (exact) mass is 624 g/mol. The molecule has 1 saturated heterocycles. The highest BCUT2D eigenvalue weighted by Crippen LogP contribution is 2.37. The molecule has 236 valence electrons. The quantitative estimate of drug-likeness (QED) is 0.290. The van der Waals surface area contributed by atoms with Crippen LogP contribution in [0.15, 0.2) is 71.6 Å². The largest absolute Gasteiger partial charge is 0.489 e. The Morgan fingerprint density at radius 2 is 1.77 bits per heavy atom. The highest BCUT2D eigenvalue weighted by Gasteiger charge is 2.51. The molecule has 0 unspecified atom stereocenters. The third-order valence-electron chi connectivity index (χ3n) is 7.78. The number of carbonyl (C=O) groups is 1. The van der Waals surface area contributed by atoms with Gasteiger partial charge in [-0.1, -0.05) is 55.8 Å². The van der Waals surface area contributed by atoms with Crippen molar-refractivity contribution in [1.29, 1.82) is 0 Å². The first kappa shape index (κ1) is 31.6. The Morgan fingerprint density at radius 1 is 1.05 bits per heavy atom. The normalized spacial score (nSPS) is 19.1. The summed E-state index contributed by atoms with van der Waals surface area (Å²) in [5, 5.41) is 10.2. The zero-order valence-electron chi connectivity index (χ0n) is 25.7. The molecule has 2 atom stereocenters. The summed E-state index contributed by atoms with van der Waals surface area (Å²) >= 11 is 0. The predicted octanol–water partition coefficient (Wildman–Crippen LogP) is 5.68. The molecule has 3 aromatic carbocycles. The van der Waals surface area contributed by atoms with E-state index < -0.39 is 34.0 Å². The van der Waals surface area contributed by atoms with Crippen molar-refractivity contribution in [2.45, 2.75) is 70.4 Å². The molecular formula is C33H40N2O8S. The van der Waals surface area contributed by atoms with Crippen molar-refractivity contribution in [3.05, 3.63) is 83.4 Å². The van der Waals surface area contributed by atoms with Crippen LogP contribution in [0, 0.1) is 12.8 Å². The maximum atomic E-state index is 13.9. The van der Waals surface area contributed by atoms with Gasteiger partial charge in [-0.3, -0.25) is 4.90 Å². The summed E-state index contributed by atoms with van der Waals surface area (Å²) < 4.78 is 52.3. The molecule has 0 radical (unpaired) electrons. The van der Waals surface area contributed by atoms with E-state index in [-0.39, 0.29) is 30.7 Å². The second-order valence-corrected chi connectivity index (χ2v) is 14.1. The molecule has 1 amide bonds. The summed E-state index contributed by atoms with van der Waals surface area (Å²) in [6, 6.07) is 19.6. The third kappa shape index (κ3) is 6.95. The summed E-state index contributed by atoms with van der Waals surface area (Å²) in [5.41, 5.74) is 1.95. The first-order valence-electron chi connectivity index (χ1n) is 14.7. The topological polar surface area (TPSA) is 115 Å². The van der Waals surface area contributed by atoms with E-state index in [1.54, 1.807) is 19.9 Å². The van der Waals surface area contributed by atoms with Gasteiger partial charge in [-0.05, 0) is 68.5 Å². The Bertz CT molecular complexity index is 1590. The molecule has 1 fully saturated rings. The van der Waals surface area contributed by atoms with Gasteiger partial charge in [0, 0.05) is 19.2 Å². The van der Waals surface area contributed by atoms with Gasteiger partial charge in [-0.25, -0.2) is 13.2 Å². The molecule has 2 aliphatic heterocycles.